The van der Waals surface area contributed by atoms with Crippen LogP contribution in [0.4, 0.5) is 5.69 Å². The van der Waals surface area contributed by atoms with E-state index in [4.69, 9.17) is 16.3 Å². The van der Waals surface area contributed by atoms with Crippen LogP contribution in [0, 0.1) is 18.3 Å². The molecule has 20 heavy (non-hydrogen) atoms. The fourth-order valence-corrected chi connectivity index (χ4v) is 2.28. The molecule has 0 amide bonds. The third kappa shape index (κ3) is 2.87. The Morgan fingerprint density at radius 1 is 1.25 bits per heavy atom. The highest BCUT2D eigenvalue weighted by molar-refractivity contribution is 6.31. The molecular formula is C16H15ClN2O. The highest BCUT2D eigenvalue weighted by Crippen LogP contribution is 2.28. The summed E-state index contributed by atoms with van der Waals surface area (Å²) < 4.78 is 5.31. The number of nitriles is 1. The third-order valence-corrected chi connectivity index (χ3v) is 3.49. The molecule has 2 rings (SSSR count). The van der Waals surface area contributed by atoms with Crippen LogP contribution in [-0.4, -0.2) is 7.11 Å². The van der Waals surface area contributed by atoms with Crippen molar-refractivity contribution in [1.29, 1.82) is 5.26 Å². The quantitative estimate of drug-likeness (QED) is 0.919. The van der Waals surface area contributed by atoms with Crippen molar-refractivity contribution in [1.82, 2.24) is 0 Å². The predicted octanol–water partition coefficient (Wildman–Crippen LogP) is 4.14. The first-order valence-electron chi connectivity index (χ1n) is 6.22. The first kappa shape index (κ1) is 14.2. The van der Waals surface area contributed by atoms with Crippen molar-refractivity contribution in [3.63, 3.8) is 0 Å². The molecule has 3 nitrogen and oxygen atoms in total. The topological polar surface area (TPSA) is 45.0 Å². The van der Waals surface area contributed by atoms with Crippen LogP contribution in [0.25, 0.3) is 0 Å². The summed E-state index contributed by atoms with van der Waals surface area (Å²) in [5.74, 6) is 0.733. The molecule has 0 fully saturated rings. The fraction of sp³-hybridized carbons (Fsp3) is 0.188. The average molecular weight is 287 g/mol. The average Bonchev–Trinajstić information content (AvgIpc) is 2.45. The molecule has 0 unspecified atom stereocenters. The summed E-state index contributed by atoms with van der Waals surface area (Å²) in [5, 5.41) is 13.1. The second-order valence-electron chi connectivity index (χ2n) is 4.38. The van der Waals surface area contributed by atoms with E-state index >= 15 is 0 Å². The molecule has 2 aromatic rings. The van der Waals surface area contributed by atoms with Gasteiger partial charge in [-0.25, -0.2) is 0 Å². The Bertz CT molecular complexity index is 662. The van der Waals surface area contributed by atoms with Gasteiger partial charge in [0.25, 0.3) is 0 Å². The van der Waals surface area contributed by atoms with Gasteiger partial charge in [0, 0.05) is 17.1 Å². The first-order chi connectivity index (χ1) is 9.67. The number of halogens is 1. The van der Waals surface area contributed by atoms with Gasteiger partial charge in [0.15, 0.2) is 0 Å². The van der Waals surface area contributed by atoms with Gasteiger partial charge in [0.2, 0.25) is 0 Å². The molecule has 0 bridgehead atoms. The van der Waals surface area contributed by atoms with Gasteiger partial charge in [-0.2, -0.15) is 5.26 Å². The van der Waals surface area contributed by atoms with Crippen molar-refractivity contribution in [2.75, 3.05) is 12.4 Å². The lowest BCUT2D eigenvalue weighted by atomic mass is 10.1. The Morgan fingerprint density at radius 2 is 2.00 bits per heavy atom. The molecule has 0 atom stereocenters. The highest BCUT2D eigenvalue weighted by atomic mass is 35.5. The van der Waals surface area contributed by atoms with E-state index in [1.807, 2.05) is 43.3 Å². The molecule has 0 aliphatic rings. The van der Waals surface area contributed by atoms with Crippen LogP contribution >= 0.6 is 11.6 Å². The van der Waals surface area contributed by atoms with Gasteiger partial charge in [-0.15, -0.1) is 0 Å². The fourth-order valence-electron chi connectivity index (χ4n) is 2.05. The standard InChI is InChI=1S/C16H15ClN2O/c1-11-5-3-7-15(12(11)9-18)19-10-13-14(17)6-4-8-16(13)20-2/h3-8,19H,10H2,1-2H3. The summed E-state index contributed by atoms with van der Waals surface area (Å²) in [5.41, 5.74) is 3.28. The minimum absolute atomic E-state index is 0.501. The first-order valence-corrected chi connectivity index (χ1v) is 6.60. The van der Waals surface area contributed by atoms with Crippen LogP contribution in [0.3, 0.4) is 0 Å². The maximum Gasteiger partial charge on any atom is 0.125 e. The van der Waals surface area contributed by atoms with Crippen LogP contribution in [0.1, 0.15) is 16.7 Å². The summed E-state index contributed by atoms with van der Waals surface area (Å²) >= 11 is 6.19. The lowest BCUT2D eigenvalue weighted by Gasteiger charge is -2.13. The number of nitrogens with zero attached hydrogens (tertiary/aromatic N) is 1. The van der Waals surface area contributed by atoms with Crippen LogP contribution in [0.15, 0.2) is 36.4 Å². The molecule has 0 aliphatic heterocycles. The number of aryl methyl sites for hydroxylation is 1. The molecule has 0 saturated heterocycles. The van der Waals surface area contributed by atoms with E-state index in [-0.39, 0.29) is 0 Å². The summed E-state index contributed by atoms with van der Waals surface area (Å²) in [6.45, 7) is 2.42. The molecule has 0 aromatic heterocycles. The maximum atomic E-state index is 9.21. The predicted molar refractivity (Wildman–Crippen MR) is 81.2 cm³/mol. The number of hydrogen-bond acceptors (Lipinski definition) is 3. The number of anilines is 1. The lowest BCUT2D eigenvalue weighted by Crippen LogP contribution is -2.04. The number of ether oxygens (including phenoxy) is 1. The normalized spacial score (nSPS) is 9.90. The van der Waals surface area contributed by atoms with Crippen molar-refractivity contribution in [3.05, 3.63) is 58.1 Å². The third-order valence-electron chi connectivity index (χ3n) is 3.14. The molecule has 0 spiro atoms. The Kier molecular flexibility index (Phi) is 4.49. The molecule has 1 N–H and O–H groups in total. The van der Waals surface area contributed by atoms with Gasteiger partial charge in [0.05, 0.1) is 18.4 Å². The zero-order chi connectivity index (χ0) is 14.5. The molecule has 0 aliphatic carbocycles. The summed E-state index contributed by atoms with van der Waals surface area (Å²) in [4.78, 5) is 0. The van der Waals surface area contributed by atoms with E-state index in [9.17, 15) is 5.26 Å². The van der Waals surface area contributed by atoms with Crippen LogP contribution in [0.5, 0.6) is 5.75 Å². The van der Waals surface area contributed by atoms with Gasteiger partial charge in [-0.05, 0) is 30.7 Å². The lowest BCUT2D eigenvalue weighted by molar-refractivity contribution is 0.410. The van der Waals surface area contributed by atoms with Crippen molar-refractivity contribution in [3.8, 4) is 11.8 Å². The maximum absolute atomic E-state index is 9.21. The summed E-state index contributed by atoms with van der Waals surface area (Å²) in [7, 11) is 1.61. The van der Waals surface area contributed by atoms with E-state index in [2.05, 4.69) is 11.4 Å². The van der Waals surface area contributed by atoms with Crippen molar-refractivity contribution < 1.29 is 4.74 Å². The summed E-state index contributed by atoms with van der Waals surface area (Å²) in [6, 6.07) is 13.5. The number of hydrogen-bond donors (Lipinski definition) is 1. The molecule has 4 heteroatoms. The largest absolute Gasteiger partial charge is 0.496 e. The Labute approximate surface area is 123 Å². The second kappa shape index (κ2) is 6.31. The SMILES string of the molecule is COc1cccc(Cl)c1CNc1cccc(C)c1C#N. The number of methoxy groups -OCH3 is 1. The Hall–Kier alpha value is -2.18. The van der Waals surface area contributed by atoms with E-state index in [1.165, 1.54) is 0 Å². The van der Waals surface area contributed by atoms with E-state index in [0.717, 1.165) is 22.6 Å². The van der Waals surface area contributed by atoms with E-state index in [0.29, 0.717) is 17.1 Å². The number of rotatable bonds is 4. The zero-order valence-corrected chi connectivity index (χ0v) is 12.2. The minimum Gasteiger partial charge on any atom is -0.496 e. The molecular weight excluding hydrogens is 272 g/mol. The van der Waals surface area contributed by atoms with Crippen molar-refractivity contribution in [2.24, 2.45) is 0 Å². The molecule has 0 radical (unpaired) electrons. The van der Waals surface area contributed by atoms with Crippen molar-refractivity contribution in [2.45, 2.75) is 13.5 Å². The second-order valence-corrected chi connectivity index (χ2v) is 4.79. The molecule has 0 saturated carbocycles. The molecule has 0 heterocycles. The number of nitrogens with one attached hydrogen (secondary N) is 1. The van der Waals surface area contributed by atoms with Gasteiger partial charge in [0.1, 0.15) is 11.8 Å². The Morgan fingerprint density at radius 3 is 2.70 bits per heavy atom. The van der Waals surface area contributed by atoms with Crippen LogP contribution in [0.2, 0.25) is 5.02 Å². The van der Waals surface area contributed by atoms with Gasteiger partial charge < -0.3 is 10.1 Å². The van der Waals surface area contributed by atoms with E-state index in [1.54, 1.807) is 7.11 Å². The van der Waals surface area contributed by atoms with Gasteiger partial charge in [-0.1, -0.05) is 29.8 Å². The summed E-state index contributed by atoms with van der Waals surface area (Å²) in [6.07, 6.45) is 0. The van der Waals surface area contributed by atoms with E-state index < -0.39 is 0 Å². The number of benzene rings is 2. The van der Waals surface area contributed by atoms with Gasteiger partial charge in [-0.3, -0.25) is 0 Å². The zero-order valence-electron chi connectivity index (χ0n) is 11.4. The smallest absolute Gasteiger partial charge is 0.125 e. The Balaban J connectivity index is 2.26. The monoisotopic (exact) mass is 286 g/mol. The molecule has 102 valence electrons. The van der Waals surface area contributed by atoms with Gasteiger partial charge >= 0.3 is 0 Å². The van der Waals surface area contributed by atoms with Crippen molar-refractivity contribution >= 4 is 17.3 Å². The van der Waals surface area contributed by atoms with Crippen LogP contribution < -0.4 is 10.1 Å². The molecule has 2 aromatic carbocycles. The highest BCUT2D eigenvalue weighted by Gasteiger charge is 2.09. The minimum atomic E-state index is 0.501. The van der Waals surface area contributed by atoms with Crippen LogP contribution in [-0.2, 0) is 6.54 Å².